The molecule has 1 heterocycles. The lowest BCUT2D eigenvalue weighted by atomic mass is 10.0. The van der Waals surface area contributed by atoms with Gasteiger partial charge >= 0.3 is 0 Å². The first kappa shape index (κ1) is 21.0. The Morgan fingerprint density at radius 3 is 2.53 bits per heavy atom. The molecule has 0 spiro atoms. The summed E-state index contributed by atoms with van der Waals surface area (Å²) < 4.78 is 5.94. The molecule has 0 fully saturated rings. The van der Waals surface area contributed by atoms with Crippen LogP contribution in [0.3, 0.4) is 0 Å². The molecule has 0 aliphatic heterocycles. The SMILES string of the molecule is CC(C)Oc1ccccc1-c1cc(C(=O)Nc2cccc([N+](=O)[O-])c2)c2ccccc2n1. The molecule has 0 atom stereocenters. The molecule has 32 heavy (non-hydrogen) atoms. The molecule has 0 bridgehead atoms. The molecule has 4 rings (SSSR count). The number of carbonyl (C=O) groups is 1. The number of rotatable bonds is 6. The van der Waals surface area contributed by atoms with Crippen molar-refractivity contribution >= 4 is 28.2 Å². The van der Waals surface area contributed by atoms with Gasteiger partial charge in [0.25, 0.3) is 11.6 Å². The second-order valence-electron chi connectivity index (χ2n) is 7.50. The summed E-state index contributed by atoms with van der Waals surface area (Å²) >= 11 is 0. The van der Waals surface area contributed by atoms with Crippen molar-refractivity contribution in [1.82, 2.24) is 4.98 Å². The van der Waals surface area contributed by atoms with Crippen LogP contribution in [0.2, 0.25) is 0 Å². The van der Waals surface area contributed by atoms with Crippen LogP contribution in [0.5, 0.6) is 5.75 Å². The topological polar surface area (TPSA) is 94.4 Å². The third-order valence-electron chi connectivity index (χ3n) is 4.80. The number of para-hydroxylation sites is 2. The Labute approximate surface area is 184 Å². The maximum atomic E-state index is 13.2. The minimum absolute atomic E-state index is 0.0201. The van der Waals surface area contributed by atoms with E-state index in [-0.39, 0.29) is 17.7 Å². The number of pyridine rings is 1. The Kier molecular flexibility index (Phi) is 5.81. The molecule has 1 aromatic heterocycles. The van der Waals surface area contributed by atoms with Gasteiger partial charge in [-0.2, -0.15) is 0 Å². The van der Waals surface area contributed by atoms with Gasteiger partial charge in [-0.1, -0.05) is 36.4 Å². The zero-order valence-electron chi connectivity index (χ0n) is 17.6. The van der Waals surface area contributed by atoms with E-state index in [0.717, 1.165) is 5.56 Å². The van der Waals surface area contributed by atoms with Crippen molar-refractivity contribution in [1.29, 1.82) is 0 Å². The first-order valence-electron chi connectivity index (χ1n) is 10.1. The van der Waals surface area contributed by atoms with Gasteiger partial charge in [0.1, 0.15) is 5.75 Å². The lowest BCUT2D eigenvalue weighted by molar-refractivity contribution is -0.384. The van der Waals surface area contributed by atoms with Crippen molar-refractivity contribution < 1.29 is 14.5 Å². The van der Waals surface area contributed by atoms with Crippen LogP contribution < -0.4 is 10.1 Å². The molecule has 4 aromatic rings. The quantitative estimate of drug-likeness (QED) is 0.308. The highest BCUT2D eigenvalue weighted by molar-refractivity contribution is 6.13. The number of amides is 1. The lowest BCUT2D eigenvalue weighted by Gasteiger charge is -2.15. The van der Waals surface area contributed by atoms with Crippen LogP contribution in [0.1, 0.15) is 24.2 Å². The van der Waals surface area contributed by atoms with Crippen molar-refractivity contribution in [3.63, 3.8) is 0 Å². The van der Waals surface area contributed by atoms with E-state index in [1.165, 1.54) is 18.2 Å². The number of ether oxygens (including phenoxy) is 1. The van der Waals surface area contributed by atoms with E-state index in [4.69, 9.17) is 9.72 Å². The van der Waals surface area contributed by atoms with E-state index in [9.17, 15) is 14.9 Å². The normalized spacial score (nSPS) is 10.8. The van der Waals surface area contributed by atoms with Gasteiger partial charge in [-0.3, -0.25) is 14.9 Å². The Morgan fingerprint density at radius 1 is 1.00 bits per heavy atom. The molecule has 7 nitrogen and oxygen atoms in total. The van der Waals surface area contributed by atoms with Gasteiger partial charge in [-0.25, -0.2) is 4.98 Å². The third kappa shape index (κ3) is 4.41. The monoisotopic (exact) mass is 427 g/mol. The van der Waals surface area contributed by atoms with Crippen LogP contribution in [0.4, 0.5) is 11.4 Å². The molecule has 160 valence electrons. The van der Waals surface area contributed by atoms with Gasteiger partial charge in [0.15, 0.2) is 0 Å². The minimum Gasteiger partial charge on any atom is -0.490 e. The summed E-state index contributed by atoms with van der Waals surface area (Å²) in [5, 5.41) is 14.5. The molecule has 0 saturated heterocycles. The van der Waals surface area contributed by atoms with Gasteiger partial charge in [0, 0.05) is 28.8 Å². The number of benzene rings is 3. The number of carbonyl (C=O) groups excluding carboxylic acids is 1. The maximum absolute atomic E-state index is 13.2. The van der Waals surface area contributed by atoms with Crippen LogP contribution in [-0.4, -0.2) is 21.9 Å². The van der Waals surface area contributed by atoms with Gasteiger partial charge < -0.3 is 10.1 Å². The largest absolute Gasteiger partial charge is 0.490 e. The molecule has 0 saturated carbocycles. The Hall–Kier alpha value is -4.26. The summed E-state index contributed by atoms with van der Waals surface area (Å²) in [6.45, 7) is 3.89. The predicted octanol–water partition coefficient (Wildman–Crippen LogP) is 5.85. The van der Waals surface area contributed by atoms with Gasteiger partial charge in [0.2, 0.25) is 0 Å². The molecule has 1 amide bonds. The number of nitrogens with zero attached hydrogens (tertiary/aromatic N) is 2. The molecule has 3 aromatic carbocycles. The van der Waals surface area contributed by atoms with Crippen LogP contribution in [0.25, 0.3) is 22.2 Å². The van der Waals surface area contributed by atoms with E-state index < -0.39 is 4.92 Å². The van der Waals surface area contributed by atoms with Gasteiger partial charge in [0.05, 0.1) is 27.8 Å². The molecule has 0 aliphatic carbocycles. The fraction of sp³-hybridized carbons (Fsp3) is 0.120. The molecular weight excluding hydrogens is 406 g/mol. The van der Waals surface area contributed by atoms with E-state index in [1.54, 1.807) is 12.1 Å². The Balaban J connectivity index is 1.79. The summed E-state index contributed by atoms with van der Waals surface area (Å²) in [6.07, 6.45) is -0.0201. The van der Waals surface area contributed by atoms with Crippen molar-refractivity contribution in [2.24, 2.45) is 0 Å². The lowest BCUT2D eigenvalue weighted by Crippen LogP contribution is -2.13. The molecule has 0 unspecified atom stereocenters. The van der Waals surface area contributed by atoms with Crippen LogP contribution in [0, 0.1) is 10.1 Å². The first-order valence-corrected chi connectivity index (χ1v) is 10.1. The summed E-state index contributed by atoms with van der Waals surface area (Å²) in [5.74, 6) is 0.294. The highest BCUT2D eigenvalue weighted by Crippen LogP contribution is 2.32. The van der Waals surface area contributed by atoms with E-state index in [1.807, 2.05) is 62.4 Å². The number of aromatic nitrogens is 1. The van der Waals surface area contributed by atoms with Crippen LogP contribution in [-0.2, 0) is 0 Å². The zero-order valence-corrected chi connectivity index (χ0v) is 17.6. The molecule has 7 heteroatoms. The summed E-state index contributed by atoms with van der Waals surface area (Å²) in [6, 6.07) is 22.5. The average molecular weight is 427 g/mol. The number of non-ortho nitro benzene ring substituents is 1. The standard InChI is InChI=1S/C25H21N3O4/c1-16(2)32-24-13-6-4-11-20(24)23-15-21(19-10-3-5-12-22(19)27-23)25(29)26-17-8-7-9-18(14-17)28(30)31/h3-16H,1-2H3,(H,26,29). The minimum atomic E-state index is -0.499. The van der Waals surface area contributed by atoms with Gasteiger partial charge in [-0.15, -0.1) is 0 Å². The molecule has 1 N–H and O–H groups in total. The molecule has 0 radical (unpaired) electrons. The summed E-state index contributed by atoms with van der Waals surface area (Å²) in [4.78, 5) is 28.5. The number of anilines is 1. The molecular formula is C25H21N3O4. The fourth-order valence-corrected chi connectivity index (χ4v) is 3.43. The number of nitrogens with one attached hydrogen (secondary N) is 1. The second-order valence-corrected chi connectivity index (χ2v) is 7.50. The summed E-state index contributed by atoms with van der Waals surface area (Å²) in [5.41, 5.74) is 2.70. The van der Waals surface area contributed by atoms with E-state index in [2.05, 4.69) is 5.32 Å². The van der Waals surface area contributed by atoms with Crippen LogP contribution in [0.15, 0.2) is 78.9 Å². The summed E-state index contributed by atoms with van der Waals surface area (Å²) in [7, 11) is 0. The Morgan fingerprint density at radius 2 is 1.75 bits per heavy atom. The number of hydrogen-bond donors (Lipinski definition) is 1. The predicted molar refractivity (Wildman–Crippen MR) is 124 cm³/mol. The number of nitro groups is 1. The third-order valence-corrected chi connectivity index (χ3v) is 4.80. The number of fused-ring (bicyclic) bond motifs is 1. The van der Waals surface area contributed by atoms with Gasteiger partial charge in [-0.05, 0) is 44.2 Å². The van der Waals surface area contributed by atoms with E-state index in [0.29, 0.717) is 33.6 Å². The van der Waals surface area contributed by atoms with Crippen molar-refractivity contribution in [2.45, 2.75) is 20.0 Å². The average Bonchev–Trinajstić information content (AvgIpc) is 2.78. The molecule has 0 aliphatic rings. The number of hydrogen-bond acceptors (Lipinski definition) is 5. The zero-order chi connectivity index (χ0) is 22.7. The highest BCUT2D eigenvalue weighted by Gasteiger charge is 2.17. The van der Waals surface area contributed by atoms with Crippen LogP contribution >= 0.6 is 0 Å². The van der Waals surface area contributed by atoms with E-state index >= 15 is 0 Å². The Bertz CT molecular complexity index is 1320. The smallest absolute Gasteiger partial charge is 0.271 e. The maximum Gasteiger partial charge on any atom is 0.271 e. The first-order chi connectivity index (χ1) is 15.4. The van der Waals surface area contributed by atoms with Crippen molar-refractivity contribution in [3.05, 3.63) is 94.5 Å². The highest BCUT2D eigenvalue weighted by atomic mass is 16.6. The fourth-order valence-electron chi connectivity index (χ4n) is 3.43. The number of nitro benzene ring substituents is 1. The second kappa shape index (κ2) is 8.85. The van der Waals surface area contributed by atoms with Crippen molar-refractivity contribution in [2.75, 3.05) is 5.32 Å². The van der Waals surface area contributed by atoms with Crippen molar-refractivity contribution in [3.8, 4) is 17.0 Å².